The molecule has 116 valence electrons. The van der Waals surface area contributed by atoms with Gasteiger partial charge in [0.15, 0.2) is 0 Å². The van der Waals surface area contributed by atoms with Crippen LogP contribution in [0.1, 0.15) is 16.8 Å². The third kappa shape index (κ3) is 5.59. The summed E-state index contributed by atoms with van der Waals surface area (Å²) in [5.41, 5.74) is -0.284. The van der Waals surface area contributed by atoms with Crippen molar-refractivity contribution < 1.29 is 32.6 Å². The maximum atomic E-state index is 11.9. The van der Waals surface area contributed by atoms with Crippen LogP contribution in [0.15, 0.2) is 18.2 Å². The first-order valence-electron chi connectivity index (χ1n) is 5.76. The molecular formula is C12H13F3N2O4. The number of benzene rings is 1. The van der Waals surface area contributed by atoms with Crippen LogP contribution in [-0.4, -0.2) is 36.9 Å². The summed E-state index contributed by atoms with van der Waals surface area (Å²) >= 11 is 0. The molecule has 0 spiro atoms. The Labute approximate surface area is 117 Å². The Morgan fingerprint density at radius 3 is 2.52 bits per heavy atom. The molecule has 0 fully saturated rings. The van der Waals surface area contributed by atoms with Crippen molar-refractivity contribution in [2.45, 2.75) is 12.6 Å². The van der Waals surface area contributed by atoms with Crippen molar-refractivity contribution in [3.05, 3.63) is 23.8 Å². The summed E-state index contributed by atoms with van der Waals surface area (Å²) < 4.78 is 40.6. The van der Waals surface area contributed by atoms with Gasteiger partial charge in [0.05, 0.1) is 24.8 Å². The third-order valence-corrected chi connectivity index (χ3v) is 2.40. The van der Waals surface area contributed by atoms with Crippen molar-refractivity contribution in [2.75, 3.05) is 19.0 Å². The Kier molecular flexibility index (Phi) is 5.39. The first kappa shape index (κ1) is 16.6. The highest BCUT2D eigenvalue weighted by molar-refractivity contribution is 6.00. The van der Waals surface area contributed by atoms with Crippen LogP contribution in [0, 0.1) is 0 Å². The van der Waals surface area contributed by atoms with Crippen LogP contribution < -0.4 is 15.4 Å². The van der Waals surface area contributed by atoms with Crippen LogP contribution in [0.25, 0.3) is 0 Å². The number of amides is 2. The molecule has 0 radical (unpaired) electrons. The SMILES string of the molecule is COc1ccc(NC(=O)NCCC(F)(F)F)c(C(=O)O)c1. The van der Waals surface area contributed by atoms with Crippen molar-refractivity contribution in [3.8, 4) is 5.75 Å². The van der Waals surface area contributed by atoms with Crippen molar-refractivity contribution >= 4 is 17.7 Å². The van der Waals surface area contributed by atoms with Crippen molar-refractivity contribution in [3.63, 3.8) is 0 Å². The third-order valence-electron chi connectivity index (χ3n) is 2.40. The first-order valence-corrected chi connectivity index (χ1v) is 5.76. The van der Waals surface area contributed by atoms with Crippen molar-refractivity contribution in [2.24, 2.45) is 0 Å². The Morgan fingerprint density at radius 2 is 2.00 bits per heavy atom. The smallest absolute Gasteiger partial charge is 0.390 e. The molecule has 0 heterocycles. The van der Waals surface area contributed by atoms with E-state index in [2.05, 4.69) is 5.32 Å². The van der Waals surface area contributed by atoms with Crippen molar-refractivity contribution in [1.29, 1.82) is 0 Å². The summed E-state index contributed by atoms with van der Waals surface area (Å²) in [6.07, 6.45) is -5.55. The van der Waals surface area contributed by atoms with Gasteiger partial charge >= 0.3 is 18.2 Å². The zero-order valence-corrected chi connectivity index (χ0v) is 11.0. The first-order chi connectivity index (χ1) is 9.73. The fourth-order valence-electron chi connectivity index (χ4n) is 1.42. The van der Waals surface area contributed by atoms with E-state index in [0.717, 1.165) is 0 Å². The molecule has 0 saturated heterocycles. The second-order valence-electron chi connectivity index (χ2n) is 3.96. The Morgan fingerprint density at radius 1 is 1.33 bits per heavy atom. The minimum Gasteiger partial charge on any atom is -0.497 e. The van der Waals surface area contributed by atoms with E-state index < -0.39 is 31.1 Å². The molecule has 1 aromatic carbocycles. The lowest BCUT2D eigenvalue weighted by atomic mass is 10.1. The summed E-state index contributed by atoms with van der Waals surface area (Å²) in [5.74, 6) is -1.03. The molecule has 21 heavy (non-hydrogen) atoms. The number of carbonyl (C=O) groups excluding carboxylic acids is 1. The maximum absolute atomic E-state index is 11.9. The second-order valence-corrected chi connectivity index (χ2v) is 3.96. The number of methoxy groups -OCH3 is 1. The summed E-state index contributed by atoms with van der Waals surface area (Å²) in [7, 11) is 1.35. The molecule has 6 nitrogen and oxygen atoms in total. The highest BCUT2D eigenvalue weighted by Crippen LogP contribution is 2.22. The van der Waals surface area contributed by atoms with Gasteiger partial charge in [0, 0.05) is 6.54 Å². The van der Waals surface area contributed by atoms with E-state index in [0.29, 0.717) is 0 Å². The van der Waals surface area contributed by atoms with Crippen LogP contribution in [0.5, 0.6) is 5.75 Å². The Balaban J connectivity index is 2.69. The van der Waals surface area contributed by atoms with E-state index in [1.165, 1.54) is 25.3 Å². The molecule has 0 saturated carbocycles. The molecule has 0 bridgehead atoms. The van der Waals surface area contributed by atoms with Crippen LogP contribution in [-0.2, 0) is 0 Å². The van der Waals surface area contributed by atoms with Gasteiger partial charge < -0.3 is 20.5 Å². The molecule has 3 N–H and O–H groups in total. The van der Waals surface area contributed by atoms with Crippen LogP contribution >= 0.6 is 0 Å². The number of ether oxygens (including phenoxy) is 1. The highest BCUT2D eigenvalue weighted by Gasteiger charge is 2.26. The van der Waals surface area contributed by atoms with E-state index >= 15 is 0 Å². The quantitative estimate of drug-likeness (QED) is 0.780. The number of hydrogen-bond donors (Lipinski definition) is 3. The summed E-state index contributed by atoms with van der Waals surface area (Å²) in [4.78, 5) is 22.5. The average molecular weight is 306 g/mol. The molecule has 0 aromatic heterocycles. The number of alkyl halides is 3. The maximum Gasteiger partial charge on any atom is 0.390 e. The second kappa shape index (κ2) is 6.82. The Bertz CT molecular complexity index is 532. The van der Waals surface area contributed by atoms with E-state index in [1.807, 2.05) is 5.32 Å². The number of hydrogen-bond acceptors (Lipinski definition) is 3. The van der Waals surface area contributed by atoms with Gasteiger partial charge in [-0.2, -0.15) is 13.2 Å². The molecule has 0 atom stereocenters. The van der Waals surface area contributed by atoms with E-state index in [9.17, 15) is 22.8 Å². The lowest BCUT2D eigenvalue weighted by Gasteiger charge is -2.11. The van der Waals surface area contributed by atoms with E-state index in [-0.39, 0.29) is 17.0 Å². The molecule has 0 aliphatic heterocycles. The number of nitrogens with one attached hydrogen (secondary N) is 2. The van der Waals surface area contributed by atoms with Crippen LogP contribution in [0.2, 0.25) is 0 Å². The zero-order chi connectivity index (χ0) is 16.0. The predicted octanol–water partition coefficient (Wildman–Crippen LogP) is 2.47. The molecule has 9 heteroatoms. The van der Waals surface area contributed by atoms with Gasteiger partial charge in [-0.15, -0.1) is 0 Å². The molecule has 0 aliphatic carbocycles. The monoisotopic (exact) mass is 306 g/mol. The van der Waals surface area contributed by atoms with Crippen LogP contribution in [0.3, 0.4) is 0 Å². The molecule has 0 unspecified atom stereocenters. The van der Waals surface area contributed by atoms with Gasteiger partial charge in [0.25, 0.3) is 0 Å². The number of halogens is 3. The van der Waals surface area contributed by atoms with Gasteiger partial charge in [0.1, 0.15) is 5.75 Å². The summed E-state index contributed by atoms with van der Waals surface area (Å²) in [5, 5.41) is 13.2. The molecule has 1 rings (SSSR count). The number of urea groups is 1. The van der Waals surface area contributed by atoms with Gasteiger partial charge in [-0.25, -0.2) is 9.59 Å². The fourth-order valence-corrected chi connectivity index (χ4v) is 1.42. The summed E-state index contributed by atoms with van der Waals surface area (Å²) in [6, 6.07) is 2.96. The lowest BCUT2D eigenvalue weighted by molar-refractivity contribution is -0.132. The average Bonchev–Trinajstić information content (AvgIpc) is 2.37. The standard InChI is InChI=1S/C12H13F3N2O4/c1-21-7-2-3-9(8(6-7)10(18)19)17-11(20)16-5-4-12(13,14)15/h2-3,6H,4-5H2,1H3,(H,18,19)(H2,16,17,20). The topological polar surface area (TPSA) is 87.7 Å². The highest BCUT2D eigenvalue weighted by atomic mass is 19.4. The van der Waals surface area contributed by atoms with E-state index in [1.54, 1.807) is 0 Å². The van der Waals surface area contributed by atoms with Crippen LogP contribution in [0.4, 0.5) is 23.7 Å². The number of carbonyl (C=O) groups is 2. The largest absolute Gasteiger partial charge is 0.497 e. The normalized spacial score (nSPS) is 10.9. The number of carboxylic acid groups (broad SMARTS) is 1. The number of anilines is 1. The van der Waals surface area contributed by atoms with Crippen molar-refractivity contribution in [1.82, 2.24) is 5.32 Å². The minimum atomic E-state index is -4.38. The van der Waals surface area contributed by atoms with Gasteiger partial charge in [-0.05, 0) is 18.2 Å². The predicted molar refractivity (Wildman–Crippen MR) is 67.6 cm³/mol. The minimum absolute atomic E-state index is 0.0483. The molecule has 0 aliphatic rings. The van der Waals surface area contributed by atoms with Gasteiger partial charge in [0.2, 0.25) is 0 Å². The molecule has 1 aromatic rings. The molecule has 2 amide bonds. The number of rotatable bonds is 5. The number of carboxylic acids is 1. The van der Waals surface area contributed by atoms with Gasteiger partial charge in [-0.3, -0.25) is 0 Å². The zero-order valence-electron chi connectivity index (χ0n) is 11.0. The Hall–Kier alpha value is -2.45. The molecular weight excluding hydrogens is 293 g/mol. The van der Waals surface area contributed by atoms with E-state index in [4.69, 9.17) is 9.84 Å². The fraction of sp³-hybridized carbons (Fsp3) is 0.333. The lowest BCUT2D eigenvalue weighted by Crippen LogP contribution is -2.32. The van der Waals surface area contributed by atoms with Gasteiger partial charge in [-0.1, -0.05) is 0 Å². The number of aromatic carboxylic acids is 1. The summed E-state index contributed by atoms with van der Waals surface area (Å²) in [6.45, 7) is -0.603.